The van der Waals surface area contributed by atoms with Crippen molar-refractivity contribution in [1.82, 2.24) is 14.5 Å². The van der Waals surface area contributed by atoms with E-state index in [4.69, 9.17) is 0 Å². The quantitative estimate of drug-likeness (QED) is 0.522. The Balaban J connectivity index is 1.65. The zero-order valence-corrected chi connectivity index (χ0v) is 16.9. The van der Waals surface area contributed by atoms with Crippen LogP contribution in [0.3, 0.4) is 0 Å². The van der Waals surface area contributed by atoms with E-state index in [0.29, 0.717) is 30.8 Å². The topological polar surface area (TPSA) is 106 Å². The Bertz CT molecular complexity index is 1100. The van der Waals surface area contributed by atoms with E-state index in [0.717, 1.165) is 5.69 Å². The van der Waals surface area contributed by atoms with Gasteiger partial charge in [0.2, 0.25) is 15.8 Å². The van der Waals surface area contributed by atoms with Crippen LogP contribution >= 0.6 is 0 Å². The molecule has 0 aliphatic rings. The Labute approximate surface area is 169 Å². The van der Waals surface area contributed by atoms with Crippen molar-refractivity contribution in [3.63, 3.8) is 0 Å². The van der Waals surface area contributed by atoms with Crippen molar-refractivity contribution < 1.29 is 8.42 Å². The van der Waals surface area contributed by atoms with Gasteiger partial charge in [-0.1, -0.05) is 30.3 Å². The fourth-order valence-corrected chi connectivity index (χ4v) is 3.97. The van der Waals surface area contributed by atoms with E-state index in [1.54, 1.807) is 43.6 Å². The number of nitrogens with zero attached hydrogens (tertiary/aromatic N) is 3. The highest BCUT2D eigenvalue weighted by Gasteiger charge is 2.16. The van der Waals surface area contributed by atoms with Gasteiger partial charge in [-0.25, -0.2) is 13.4 Å². The summed E-state index contributed by atoms with van der Waals surface area (Å²) in [5, 5.41) is 3.25. The van der Waals surface area contributed by atoms with Crippen molar-refractivity contribution >= 4 is 21.5 Å². The van der Waals surface area contributed by atoms with Crippen LogP contribution in [0.2, 0.25) is 0 Å². The number of sulfonamides is 1. The van der Waals surface area contributed by atoms with Crippen molar-refractivity contribution in [1.29, 1.82) is 0 Å². The van der Waals surface area contributed by atoms with E-state index in [9.17, 15) is 13.2 Å². The third-order valence-corrected chi connectivity index (χ3v) is 5.49. The summed E-state index contributed by atoms with van der Waals surface area (Å²) in [6.45, 7) is 2.87. The first-order valence-corrected chi connectivity index (χ1v) is 10.8. The number of benzene rings is 1. The largest absolute Gasteiger partial charge is 0.385 e. The summed E-state index contributed by atoms with van der Waals surface area (Å²) in [5.74, 6) is -0.410. The molecule has 152 valence electrons. The average molecular weight is 414 g/mol. The molecule has 8 nitrogen and oxygen atoms in total. The third-order valence-electron chi connectivity index (χ3n) is 4.27. The molecular weight excluding hydrogens is 390 g/mol. The number of aryl methyl sites for hydroxylation is 1. The van der Waals surface area contributed by atoms with Gasteiger partial charge in [-0.05, 0) is 31.0 Å². The van der Waals surface area contributed by atoms with Crippen molar-refractivity contribution in [2.24, 2.45) is 0 Å². The smallest absolute Gasteiger partial charge is 0.294 e. The molecule has 0 unspecified atom stereocenters. The van der Waals surface area contributed by atoms with Crippen molar-refractivity contribution in [2.75, 3.05) is 16.6 Å². The highest BCUT2D eigenvalue weighted by molar-refractivity contribution is 7.91. The molecule has 3 rings (SSSR count). The van der Waals surface area contributed by atoms with Gasteiger partial charge in [0.25, 0.3) is 5.56 Å². The molecule has 0 aliphatic carbocycles. The second-order valence-corrected chi connectivity index (χ2v) is 8.29. The van der Waals surface area contributed by atoms with Gasteiger partial charge in [-0.15, -0.1) is 0 Å². The lowest BCUT2D eigenvalue weighted by Crippen LogP contribution is -2.29. The standard InChI is InChI=1S/C20H23N5O3S/c1-16-14-23-19(24-29(27,28)15-17-6-3-2-4-7-17)20(26)25(16)13-5-10-22-18-8-11-21-12-9-18/h2-4,6-9,11-12,14H,5,10,13,15H2,1H3,(H,21,22)(H,23,24). The number of hydrogen-bond donors (Lipinski definition) is 2. The zero-order valence-electron chi connectivity index (χ0n) is 16.1. The highest BCUT2D eigenvalue weighted by Crippen LogP contribution is 2.09. The minimum absolute atomic E-state index is 0.186. The molecule has 0 bridgehead atoms. The lowest BCUT2D eigenvalue weighted by Gasteiger charge is -2.13. The maximum absolute atomic E-state index is 12.7. The summed E-state index contributed by atoms with van der Waals surface area (Å²) < 4.78 is 28.7. The summed E-state index contributed by atoms with van der Waals surface area (Å²) in [6, 6.07) is 12.5. The fourth-order valence-electron chi connectivity index (χ4n) is 2.84. The Morgan fingerprint density at radius 1 is 1.07 bits per heavy atom. The van der Waals surface area contributed by atoms with Gasteiger partial charge < -0.3 is 9.88 Å². The monoisotopic (exact) mass is 413 g/mol. The molecule has 0 spiro atoms. The molecule has 0 fully saturated rings. The summed E-state index contributed by atoms with van der Waals surface area (Å²) in [7, 11) is -3.75. The Morgan fingerprint density at radius 2 is 1.79 bits per heavy atom. The summed E-state index contributed by atoms with van der Waals surface area (Å²) in [6.07, 6.45) is 5.59. The molecule has 0 amide bonds. The number of hydrogen-bond acceptors (Lipinski definition) is 6. The second-order valence-electron chi connectivity index (χ2n) is 6.57. The number of nitrogens with one attached hydrogen (secondary N) is 2. The van der Waals surface area contributed by atoms with Crippen molar-refractivity contribution in [3.8, 4) is 0 Å². The molecule has 3 aromatic rings. The Hall–Kier alpha value is -3.20. The first-order valence-electron chi connectivity index (χ1n) is 9.19. The molecule has 9 heteroatoms. The molecule has 0 saturated carbocycles. The molecule has 0 aliphatic heterocycles. The van der Waals surface area contributed by atoms with E-state index in [1.807, 2.05) is 18.2 Å². The lowest BCUT2D eigenvalue weighted by atomic mass is 10.2. The summed E-state index contributed by atoms with van der Waals surface area (Å²) >= 11 is 0. The van der Waals surface area contributed by atoms with Gasteiger partial charge in [-0.2, -0.15) is 0 Å². The highest BCUT2D eigenvalue weighted by atomic mass is 32.2. The lowest BCUT2D eigenvalue weighted by molar-refractivity contribution is 0.598. The van der Waals surface area contributed by atoms with E-state index in [2.05, 4.69) is 20.0 Å². The second kappa shape index (κ2) is 9.33. The number of pyridine rings is 1. The Morgan fingerprint density at radius 3 is 2.52 bits per heavy atom. The van der Waals surface area contributed by atoms with Crippen LogP contribution in [-0.2, 0) is 22.3 Å². The predicted molar refractivity (Wildman–Crippen MR) is 113 cm³/mol. The van der Waals surface area contributed by atoms with E-state index < -0.39 is 15.6 Å². The molecule has 2 aromatic heterocycles. The normalized spacial score (nSPS) is 11.2. The van der Waals surface area contributed by atoms with Crippen LogP contribution < -0.4 is 15.6 Å². The van der Waals surface area contributed by atoms with Gasteiger partial charge in [-0.3, -0.25) is 14.5 Å². The molecule has 0 atom stereocenters. The third kappa shape index (κ3) is 5.89. The van der Waals surface area contributed by atoms with Crippen molar-refractivity contribution in [2.45, 2.75) is 25.6 Å². The van der Waals surface area contributed by atoms with E-state index in [-0.39, 0.29) is 11.6 Å². The van der Waals surface area contributed by atoms with Crippen LogP contribution in [-0.4, -0.2) is 29.5 Å². The minimum atomic E-state index is -3.75. The zero-order chi connectivity index (χ0) is 20.7. The fraction of sp³-hybridized carbons (Fsp3) is 0.250. The number of aromatic nitrogens is 3. The molecule has 0 saturated heterocycles. The van der Waals surface area contributed by atoms with Crippen molar-refractivity contribution in [3.05, 3.63) is 82.7 Å². The van der Waals surface area contributed by atoms with Gasteiger partial charge in [0.15, 0.2) is 0 Å². The molecule has 2 N–H and O–H groups in total. The van der Waals surface area contributed by atoms with Crippen LogP contribution in [0.15, 0.2) is 65.8 Å². The molecule has 0 radical (unpaired) electrons. The SMILES string of the molecule is Cc1cnc(NS(=O)(=O)Cc2ccccc2)c(=O)n1CCCNc1ccncc1. The number of rotatable bonds is 9. The molecule has 29 heavy (non-hydrogen) atoms. The Kier molecular flexibility index (Phi) is 6.61. The maximum Gasteiger partial charge on any atom is 0.294 e. The first kappa shape index (κ1) is 20.5. The molecular formula is C20H23N5O3S. The summed E-state index contributed by atoms with van der Waals surface area (Å²) in [5.41, 5.74) is 1.80. The van der Waals surface area contributed by atoms with Crippen LogP contribution in [0.4, 0.5) is 11.5 Å². The average Bonchev–Trinajstić information content (AvgIpc) is 2.70. The van der Waals surface area contributed by atoms with Crippen LogP contribution in [0.25, 0.3) is 0 Å². The van der Waals surface area contributed by atoms with Gasteiger partial charge in [0.05, 0.1) is 5.75 Å². The van der Waals surface area contributed by atoms with E-state index in [1.165, 1.54) is 10.8 Å². The number of anilines is 2. The van der Waals surface area contributed by atoms with Crippen LogP contribution in [0, 0.1) is 6.92 Å². The molecule has 1 aromatic carbocycles. The van der Waals surface area contributed by atoms with Gasteiger partial charge in [0.1, 0.15) is 0 Å². The minimum Gasteiger partial charge on any atom is -0.385 e. The van der Waals surface area contributed by atoms with Gasteiger partial charge >= 0.3 is 0 Å². The van der Waals surface area contributed by atoms with E-state index >= 15 is 0 Å². The maximum atomic E-state index is 12.7. The molecule has 2 heterocycles. The van der Waals surface area contributed by atoms with Crippen LogP contribution in [0.5, 0.6) is 0 Å². The summed E-state index contributed by atoms with van der Waals surface area (Å²) in [4.78, 5) is 20.7. The first-order chi connectivity index (χ1) is 13.9. The van der Waals surface area contributed by atoms with Gasteiger partial charge in [0, 0.05) is 43.1 Å². The van der Waals surface area contributed by atoms with Crippen LogP contribution in [0.1, 0.15) is 17.7 Å². The predicted octanol–water partition coefficient (Wildman–Crippen LogP) is 2.39.